The van der Waals surface area contributed by atoms with Gasteiger partial charge in [-0.3, -0.25) is 4.79 Å². The number of ether oxygens (including phenoxy) is 2. The van der Waals surface area contributed by atoms with Crippen LogP contribution in [-0.4, -0.2) is 30.3 Å². The zero-order valence-corrected chi connectivity index (χ0v) is 16.0. The molecule has 0 spiro atoms. The van der Waals surface area contributed by atoms with Crippen molar-refractivity contribution in [1.82, 2.24) is 10.2 Å². The molecule has 0 saturated heterocycles. The van der Waals surface area contributed by atoms with Crippen molar-refractivity contribution < 1.29 is 14.3 Å². The highest BCUT2D eigenvalue weighted by Crippen LogP contribution is 2.27. The number of hydrogen-bond acceptors (Lipinski definition) is 7. The van der Waals surface area contributed by atoms with Gasteiger partial charge in [-0.05, 0) is 54.1 Å². The van der Waals surface area contributed by atoms with Gasteiger partial charge < -0.3 is 20.1 Å². The minimum Gasteiger partial charge on any atom is -0.493 e. The van der Waals surface area contributed by atoms with Crippen LogP contribution in [0.25, 0.3) is 0 Å². The van der Waals surface area contributed by atoms with Crippen LogP contribution in [0.15, 0.2) is 54.6 Å². The summed E-state index contributed by atoms with van der Waals surface area (Å²) < 4.78 is 10.4. The number of nitrogens with one attached hydrogen (secondary N) is 2. The summed E-state index contributed by atoms with van der Waals surface area (Å²) in [5.74, 6) is 1.82. The number of methoxy groups -OCH3 is 2. The van der Waals surface area contributed by atoms with Gasteiger partial charge in [0.15, 0.2) is 23.1 Å². The molecule has 0 fully saturated rings. The number of nitrogens with zero attached hydrogens (tertiary/aromatic N) is 3. The molecule has 0 unspecified atom stereocenters. The van der Waals surface area contributed by atoms with Crippen molar-refractivity contribution in [2.24, 2.45) is 0 Å². The average molecular weight is 389 g/mol. The first-order valence-corrected chi connectivity index (χ1v) is 8.73. The Morgan fingerprint density at radius 3 is 2.28 bits per heavy atom. The fraction of sp³-hybridized carbons (Fsp3) is 0.143. The summed E-state index contributed by atoms with van der Waals surface area (Å²) in [6.07, 6.45) is 0.160. The van der Waals surface area contributed by atoms with E-state index in [0.29, 0.717) is 28.7 Å². The first-order valence-electron chi connectivity index (χ1n) is 8.73. The predicted molar refractivity (Wildman–Crippen MR) is 108 cm³/mol. The van der Waals surface area contributed by atoms with Gasteiger partial charge in [0, 0.05) is 5.69 Å². The van der Waals surface area contributed by atoms with E-state index in [1.807, 2.05) is 0 Å². The van der Waals surface area contributed by atoms with Gasteiger partial charge in [0.2, 0.25) is 5.91 Å². The van der Waals surface area contributed by atoms with Crippen molar-refractivity contribution in [2.45, 2.75) is 6.42 Å². The van der Waals surface area contributed by atoms with Crippen LogP contribution in [-0.2, 0) is 11.2 Å². The van der Waals surface area contributed by atoms with Crippen LogP contribution < -0.4 is 20.1 Å². The lowest BCUT2D eigenvalue weighted by molar-refractivity contribution is -0.115. The Balaban J connectivity index is 1.59. The zero-order chi connectivity index (χ0) is 20.6. The highest BCUT2D eigenvalue weighted by atomic mass is 16.5. The number of carbonyl (C=O) groups is 1. The Bertz CT molecular complexity index is 1030. The van der Waals surface area contributed by atoms with Crippen LogP contribution in [0.1, 0.15) is 11.1 Å². The molecule has 0 aliphatic heterocycles. The van der Waals surface area contributed by atoms with Crippen LogP contribution in [0.4, 0.5) is 17.3 Å². The SMILES string of the molecule is COc1ccc(CC(=O)Nc2ccc(Nc3ccc(C#N)cc3)nn2)cc1OC. The van der Waals surface area contributed by atoms with Gasteiger partial charge >= 0.3 is 0 Å². The van der Waals surface area contributed by atoms with Crippen LogP contribution >= 0.6 is 0 Å². The second-order valence-electron chi connectivity index (χ2n) is 6.03. The van der Waals surface area contributed by atoms with E-state index in [1.165, 1.54) is 0 Å². The van der Waals surface area contributed by atoms with Crippen molar-refractivity contribution in [3.63, 3.8) is 0 Å². The van der Waals surface area contributed by atoms with Gasteiger partial charge in [-0.25, -0.2) is 0 Å². The molecule has 0 aliphatic rings. The molecule has 0 bridgehead atoms. The number of hydrogen-bond donors (Lipinski definition) is 2. The van der Waals surface area contributed by atoms with E-state index < -0.39 is 0 Å². The molecule has 3 rings (SSSR count). The van der Waals surface area contributed by atoms with Crippen molar-refractivity contribution in [3.05, 3.63) is 65.7 Å². The number of anilines is 3. The topological polar surface area (TPSA) is 109 Å². The predicted octanol–water partition coefficient (Wildman–Crippen LogP) is 3.29. The smallest absolute Gasteiger partial charge is 0.229 e. The highest BCUT2D eigenvalue weighted by molar-refractivity contribution is 5.91. The van der Waals surface area contributed by atoms with Crippen molar-refractivity contribution in [2.75, 3.05) is 24.9 Å². The molecule has 0 aliphatic carbocycles. The normalized spacial score (nSPS) is 9.97. The molecule has 1 amide bonds. The quantitative estimate of drug-likeness (QED) is 0.638. The highest BCUT2D eigenvalue weighted by Gasteiger charge is 2.09. The maximum absolute atomic E-state index is 12.3. The van der Waals surface area contributed by atoms with Crippen LogP contribution in [0, 0.1) is 11.3 Å². The van der Waals surface area contributed by atoms with E-state index >= 15 is 0 Å². The number of aromatic nitrogens is 2. The summed E-state index contributed by atoms with van der Waals surface area (Å²) in [5, 5.41) is 22.7. The Hall–Kier alpha value is -4.12. The van der Waals surface area contributed by atoms with Crippen molar-refractivity contribution in [3.8, 4) is 17.6 Å². The minimum absolute atomic E-state index is 0.160. The Labute approximate surface area is 168 Å². The molecule has 2 aromatic carbocycles. The fourth-order valence-corrected chi connectivity index (χ4v) is 2.60. The van der Waals surface area contributed by atoms with E-state index in [4.69, 9.17) is 14.7 Å². The lowest BCUT2D eigenvalue weighted by atomic mass is 10.1. The van der Waals surface area contributed by atoms with E-state index in [1.54, 1.807) is 68.8 Å². The maximum atomic E-state index is 12.3. The largest absolute Gasteiger partial charge is 0.493 e. The second-order valence-corrected chi connectivity index (χ2v) is 6.03. The fourth-order valence-electron chi connectivity index (χ4n) is 2.60. The molecular formula is C21H19N5O3. The third-order valence-corrected chi connectivity index (χ3v) is 4.03. The van der Waals surface area contributed by atoms with Crippen molar-refractivity contribution in [1.29, 1.82) is 5.26 Å². The number of nitriles is 1. The first kappa shape index (κ1) is 19.6. The summed E-state index contributed by atoms with van der Waals surface area (Å²) in [6, 6.07) is 17.7. The molecule has 0 radical (unpaired) electrons. The summed E-state index contributed by atoms with van der Waals surface area (Å²) in [6.45, 7) is 0. The van der Waals surface area contributed by atoms with Crippen LogP contribution in [0.5, 0.6) is 11.5 Å². The van der Waals surface area contributed by atoms with Crippen molar-refractivity contribution >= 4 is 23.2 Å². The monoisotopic (exact) mass is 389 g/mol. The number of amides is 1. The zero-order valence-electron chi connectivity index (χ0n) is 16.0. The van der Waals surface area contributed by atoms with E-state index in [0.717, 1.165) is 11.3 Å². The molecule has 1 heterocycles. The molecule has 8 heteroatoms. The molecule has 29 heavy (non-hydrogen) atoms. The molecule has 8 nitrogen and oxygen atoms in total. The van der Waals surface area contributed by atoms with Gasteiger partial charge in [0.25, 0.3) is 0 Å². The molecule has 0 saturated carbocycles. The summed E-state index contributed by atoms with van der Waals surface area (Å²) in [5.41, 5.74) is 2.14. The maximum Gasteiger partial charge on any atom is 0.229 e. The van der Waals surface area contributed by atoms with E-state index in [-0.39, 0.29) is 12.3 Å². The molecule has 1 aromatic heterocycles. The summed E-state index contributed by atoms with van der Waals surface area (Å²) in [4.78, 5) is 12.3. The van der Waals surface area contributed by atoms with Gasteiger partial charge in [-0.2, -0.15) is 5.26 Å². The van der Waals surface area contributed by atoms with Crippen LogP contribution in [0.3, 0.4) is 0 Å². The standard InChI is InChI=1S/C21H19N5O3/c1-28-17-8-5-15(11-18(17)29-2)12-21(27)24-20-10-9-19(25-26-20)23-16-6-3-14(13-22)4-7-16/h3-11H,12H2,1-2H3,(H,23,25)(H,24,26,27). The Kier molecular flexibility index (Phi) is 6.22. The van der Waals surface area contributed by atoms with E-state index in [9.17, 15) is 4.79 Å². The van der Waals surface area contributed by atoms with Gasteiger partial charge in [-0.15, -0.1) is 10.2 Å². The average Bonchev–Trinajstić information content (AvgIpc) is 2.75. The number of benzene rings is 2. The lowest BCUT2D eigenvalue weighted by Gasteiger charge is -2.10. The third kappa shape index (κ3) is 5.20. The summed E-state index contributed by atoms with van der Waals surface area (Å²) in [7, 11) is 3.10. The van der Waals surface area contributed by atoms with Gasteiger partial charge in [0.1, 0.15) is 0 Å². The lowest BCUT2D eigenvalue weighted by Crippen LogP contribution is -2.15. The third-order valence-electron chi connectivity index (χ3n) is 4.03. The molecule has 2 N–H and O–H groups in total. The molecule has 0 atom stereocenters. The Morgan fingerprint density at radius 2 is 1.66 bits per heavy atom. The van der Waals surface area contributed by atoms with Gasteiger partial charge in [-0.1, -0.05) is 6.07 Å². The summed E-state index contributed by atoms with van der Waals surface area (Å²) >= 11 is 0. The number of rotatable bonds is 7. The number of carbonyl (C=O) groups excluding carboxylic acids is 1. The second kappa shape index (κ2) is 9.19. The minimum atomic E-state index is -0.223. The van der Waals surface area contributed by atoms with Crippen LogP contribution in [0.2, 0.25) is 0 Å². The molecule has 3 aromatic rings. The first-order chi connectivity index (χ1) is 14.1. The Morgan fingerprint density at radius 1 is 0.966 bits per heavy atom. The molecular weight excluding hydrogens is 370 g/mol. The van der Waals surface area contributed by atoms with E-state index in [2.05, 4.69) is 26.9 Å². The molecule has 146 valence electrons. The van der Waals surface area contributed by atoms with Gasteiger partial charge in [0.05, 0.1) is 32.3 Å².